The van der Waals surface area contributed by atoms with E-state index in [0.29, 0.717) is 51.7 Å². The highest BCUT2D eigenvalue weighted by Crippen LogP contribution is 2.46. The second-order valence-electron chi connectivity index (χ2n) is 10.7. The summed E-state index contributed by atoms with van der Waals surface area (Å²) in [5.74, 6) is -0.334. The Labute approximate surface area is 274 Å². The third-order valence-electron chi connectivity index (χ3n) is 7.60. The normalized spacial score (nSPS) is 16.0. The molecule has 1 fully saturated rings. The van der Waals surface area contributed by atoms with E-state index >= 15 is 0 Å². The third kappa shape index (κ3) is 5.85. The molecule has 5 aromatic rings. The summed E-state index contributed by atoms with van der Waals surface area (Å²) in [5, 5.41) is 20.8. The van der Waals surface area contributed by atoms with E-state index in [1.165, 1.54) is 28.0 Å². The number of rotatable bonds is 11. The van der Waals surface area contributed by atoms with E-state index in [9.17, 15) is 14.7 Å². The number of hydrogen-bond donors (Lipinski definition) is 1. The van der Waals surface area contributed by atoms with Gasteiger partial charge in [0.25, 0.3) is 5.78 Å². The van der Waals surface area contributed by atoms with E-state index < -0.39 is 17.7 Å². The van der Waals surface area contributed by atoms with E-state index in [0.717, 1.165) is 17.5 Å². The van der Waals surface area contributed by atoms with Crippen LogP contribution in [0.25, 0.3) is 11.4 Å². The maximum Gasteiger partial charge on any atom is 0.301 e. The van der Waals surface area contributed by atoms with Crippen LogP contribution in [0.4, 0.5) is 5.13 Å². The second kappa shape index (κ2) is 13.4. The zero-order valence-corrected chi connectivity index (χ0v) is 27.5. The molecule has 1 aliphatic rings. The number of hydrogen-bond acceptors (Lipinski definition) is 10. The number of imidazole rings is 1. The molecule has 46 heavy (non-hydrogen) atoms. The SMILES string of the molecule is CCCOc1ccc(C2/C(=C(\O)c3nc4c(C)cccn4c3C)C(=O)C(=O)N2c2nnc(SCc3ccccc3)s2)cc1OCC. The van der Waals surface area contributed by atoms with Crippen molar-refractivity contribution in [2.45, 2.75) is 50.3 Å². The van der Waals surface area contributed by atoms with Crippen LogP contribution >= 0.6 is 23.1 Å². The number of carbonyl (C=O) groups excluding carboxylic acids is 2. The van der Waals surface area contributed by atoms with Gasteiger partial charge in [0, 0.05) is 11.9 Å². The molecule has 0 aliphatic carbocycles. The molecule has 4 heterocycles. The summed E-state index contributed by atoms with van der Waals surface area (Å²) in [4.78, 5) is 33.7. The smallest absolute Gasteiger partial charge is 0.301 e. The number of aryl methyl sites for hydroxylation is 2. The highest BCUT2D eigenvalue weighted by molar-refractivity contribution is 8.00. The molecule has 10 nitrogen and oxygen atoms in total. The van der Waals surface area contributed by atoms with Gasteiger partial charge in [-0.1, -0.05) is 72.5 Å². The standard InChI is InChI=1S/C34H33N5O5S2/c1-5-17-44-24-15-14-23(18-25(24)43-6-2)28-26(29(40)27-21(4)38-16-10-11-20(3)31(38)35-27)30(41)32(42)39(28)33-36-37-34(46-33)45-19-22-12-8-7-9-13-22/h7-16,18,28,40H,5-6,17,19H2,1-4H3/b29-26+. The Morgan fingerprint density at radius 3 is 2.54 bits per heavy atom. The van der Waals surface area contributed by atoms with Gasteiger partial charge in [0.05, 0.1) is 30.5 Å². The molecule has 1 unspecified atom stereocenters. The lowest BCUT2D eigenvalue weighted by atomic mass is 9.96. The van der Waals surface area contributed by atoms with Gasteiger partial charge in [-0.05, 0) is 62.1 Å². The molecule has 0 bridgehead atoms. The van der Waals surface area contributed by atoms with E-state index in [1.807, 2.05) is 80.8 Å². The van der Waals surface area contributed by atoms with Crippen LogP contribution in [0.1, 0.15) is 54.4 Å². The van der Waals surface area contributed by atoms with Gasteiger partial charge < -0.3 is 19.0 Å². The largest absolute Gasteiger partial charge is 0.505 e. The van der Waals surface area contributed by atoms with Crippen molar-refractivity contribution >= 4 is 51.3 Å². The van der Waals surface area contributed by atoms with Crippen molar-refractivity contribution in [3.63, 3.8) is 0 Å². The van der Waals surface area contributed by atoms with Crippen LogP contribution in [0.15, 0.2) is 76.8 Å². The Morgan fingerprint density at radius 1 is 1.00 bits per heavy atom. The van der Waals surface area contributed by atoms with Gasteiger partial charge in [-0.3, -0.25) is 14.5 Å². The fraction of sp³-hybridized carbons (Fsp3) is 0.265. The van der Waals surface area contributed by atoms with Crippen molar-refractivity contribution in [2.24, 2.45) is 0 Å². The van der Waals surface area contributed by atoms with Crippen molar-refractivity contribution < 1.29 is 24.2 Å². The Hall–Kier alpha value is -4.68. The van der Waals surface area contributed by atoms with Crippen molar-refractivity contribution in [2.75, 3.05) is 18.1 Å². The first-order valence-electron chi connectivity index (χ1n) is 15.0. The third-order valence-corrected chi connectivity index (χ3v) is 9.73. The molecule has 1 saturated heterocycles. The van der Waals surface area contributed by atoms with Crippen LogP contribution in [-0.2, 0) is 15.3 Å². The lowest BCUT2D eigenvalue weighted by Gasteiger charge is -2.23. The van der Waals surface area contributed by atoms with Crippen molar-refractivity contribution in [1.29, 1.82) is 0 Å². The zero-order chi connectivity index (χ0) is 32.4. The summed E-state index contributed by atoms with van der Waals surface area (Å²) in [7, 11) is 0. The molecule has 1 N–H and O–H groups in total. The molecule has 1 amide bonds. The molecule has 236 valence electrons. The number of benzene rings is 2. The molecule has 0 saturated carbocycles. The number of nitrogens with zero attached hydrogens (tertiary/aromatic N) is 5. The van der Waals surface area contributed by atoms with Crippen LogP contribution in [0.2, 0.25) is 0 Å². The van der Waals surface area contributed by atoms with Crippen LogP contribution < -0.4 is 14.4 Å². The number of amides is 1. The maximum absolute atomic E-state index is 13.9. The number of ether oxygens (including phenoxy) is 2. The summed E-state index contributed by atoms with van der Waals surface area (Å²) in [6, 6.07) is 18.0. The monoisotopic (exact) mass is 655 g/mol. The number of carbonyl (C=O) groups is 2. The Balaban J connectivity index is 1.48. The van der Waals surface area contributed by atoms with E-state index in [1.54, 1.807) is 18.2 Å². The van der Waals surface area contributed by atoms with E-state index in [4.69, 9.17) is 14.5 Å². The summed E-state index contributed by atoms with van der Waals surface area (Å²) >= 11 is 2.71. The zero-order valence-electron chi connectivity index (χ0n) is 25.9. The number of anilines is 1. The molecule has 6 rings (SSSR count). The van der Waals surface area contributed by atoms with Crippen LogP contribution in [-0.4, -0.2) is 49.6 Å². The predicted octanol–water partition coefficient (Wildman–Crippen LogP) is 6.91. The van der Waals surface area contributed by atoms with Crippen LogP contribution in [0, 0.1) is 13.8 Å². The van der Waals surface area contributed by atoms with Crippen LogP contribution in [0.5, 0.6) is 11.5 Å². The number of Topliss-reactive ketones (excluding diaryl/α,β-unsaturated/α-hetero) is 1. The van der Waals surface area contributed by atoms with Crippen molar-refractivity contribution in [3.8, 4) is 11.5 Å². The van der Waals surface area contributed by atoms with Gasteiger partial charge in [-0.25, -0.2) is 4.98 Å². The summed E-state index contributed by atoms with van der Waals surface area (Å²) < 4.78 is 14.3. The second-order valence-corrected chi connectivity index (χ2v) is 12.9. The van der Waals surface area contributed by atoms with Crippen molar-refractivity contribution in [1.82, 2.24) is 19.6 Å². The molecule has 1 atom stereocenters. The minimum absolute atomic E-state index is 0.0903. The van der Waals surface area contributed by atoms with E-state index in [-0.39, 0.29) is 22.2 Å². The summed E-state index contributed by atoms with van der Waals surface area (Å²) in [6.07, 6.45) is 2.66. The number of aliphatic hydroxyl groups excluding tert-OH is 1. The quantitative estimate of drug-likeness (QED) is 0.0532. The molecule has 3 aromatic heterocycles. The van der Waals surface area contributed by atoms with E-state index in [2.05, 4.69) is 10.2 Å². The van der Waals surface area contributed by atoms with Gasteiger partial charge in [0.1, 0.15) is 11.3 Å². The lowest BCUT2D eigenvalue weighted by Crippen LogP contribution is -2.29. The molecule has 0 radical (unpaired) electrons. The minimum atomic E-state index is -1.02. The highest BCUT2D eigenvalue weighted by Gasteiger charge is 2.49. The number of pyridine rings is 1. The number of aliphatic hydroxyl groups is 1. The number of thioether (sulfide) groups is 1. The molecule has 0 spiro atoms. The number of aromatic nitrogens is 4. The first-order chi connectivity index (χ1) is 22.3. The number of ketones is 1. The number of fused-ring (bicyclic) bond motifs is 1. The summed E-state index contributed by atoms with van der Waals surface area (Å²) in [6.45, 7) is 8.49. The van der Waals surface area contributed by atoms with Crippen molar-refractivity contribution in [3.05, 3.63) is 101 Å². The Bertz CT molecular complexity index is 1950. The lowest BCUT2D eigenvalue weighted by molar-refractivity contribution is -0.132. The topological polar surface area (TPSA) is 119 Å². The fourth-order valence-electron chi connectivity index (χ4n) is 5.39. The highest BCUT2D eigenvalue weighted by atomic mass is 32.2. The van der Waals surface area contributed by atoms with Gasteiger partial charge in [-0.15, -0.1) is 10.2 Å². The molecule has 1 aliphatic heterocycles. The predicted molar refractivity (Wildman–Crippen MR) is 179 cm³/mol. The molecular formula is C34H33N5O5S2. The summed E-state index contributed by atoms with van der Waals surface area (Å²) in [5.41, 5.74) is 3.98. The molecular weight excluding hydrogens is 623 g/mol. The minimum Gasteiger partial charge on any atom is -0.505 e. The van der Waals surface area contributed by atoms with Gasteiger partial charge in [0.15, 0.2) is 21.6 Å². The average Bonchev–Trinajstić information content (AvgIpc) is 3.74. The van der Waals surface area contributed by atoms with Gasteiger partial charge in [-0.2, -0.15) is 0 Å². The molecule has 2 aromatic carbocycles. The first kappa shape index (κ1) is 31.3. The van der Waals surface area contributed by atoms with Gasteiger partial charge in [0.2, 0.25) is 5.13 Å². The maximum atomic E-state index is 13.9. The van der Waals surface area contributed by atoms with Gasteiger partial charge >= 0.3 is 5.91 Å². The molecule has 12 heteroatoms. The first-order valence-corrected chi connectivity index (χ1v) is 16.8. The Morgan fingerprint density at radius 2 is 1.80 bits per heavy atom. The average molecular weight is 656 g/mol. The Kier molecular flexibility index (Phi) is 9.09. The van der Waals surface area contributed by atoms with Crippen LogP contribution in [0.3, 0.4) is 0 Å². The fourth-order valence-corrected chi connectivity index (χ4v) is 7.21.